The minimum Gasteiger partial charge on any atom is -0.372 e. The Morgan fingerprint density at radius 2 is 2.00 bits per heavy atom. The van der Waals surface area contributed by atoms with Crippen LogP contribution in [0.15, 0.2) is 18.2 Å². The Morgan fingerprint density at radius 1 is 1.31 bits per heavy atom. The maximum atomic E-state index is 6.34. The summed E-state index contributed by atoms with van der Waals surface area (Å²) in [5, 5.41) is 0. The molecule has 0 saturated heterocycles. The molecular formula is C14H21NO. The van der Waals surface area contributed by atoms with E-state index in [9.17, 15) is 0 Å². The smallest absolute Gasteiger partial charge is 0.0725 e. The first-order valence-electron chi connectivity index (χ1n) is 5.99. The van der Waals surface area contributed by atoms with Gasteiger partial charge in [0.15, 0.2) is 0 Å². The van der Waals surface area contributed by atoms with Gasteiger partial charge in [-0.1, -0.05) is 39.0 Å². The minimum atomic E-state index is 0.100. The Bertz CT molecular complexity index is 384. The van der Waals surface area contributed by atoms with Gasteiger partial charge < -0.3 is 10.5 Å². The van der Waals surface area contributed by atoms with Crippen LogP contribution in [0.25, 0.3) is 0 Å². The number of hydrogen-bond donors (Lipinski definition) is 1. The van der Waals surface area contributed by atoms with Crippen molar-refractivity contribution in [3.8, 4) is 0 Å². The van der Waals surface area contributed by atoms with Crippen LogP contribution in [0.3, 0.4) is 0 Å². The van der Waals surface area contributed by atoms with Gasteiger partial charge in [-0.15, -0.1) is 0 Å². The van der Waals surface area contributed by atoms with E-state index in [0.29, 0.717) is 0 Å². The van der Waals surface area contributed by atoms with Crippen LogP contribution in [0.4, 0.5) is 0 Å². The normalized spacial score (nSPS) is 17.2. The zero-order chi connectivity index (χ0) is 11.8. The first-order chi connectivity index (χ1) is 7.54. The third-order valence-electron chi connectivity index (χ3n) is 3.86. The van der Waals surface area contributed by atoms with Crippen LogP contribution in [-0.4, -0.2) is 0 Å². The van der Waals surface area contributed by atoms with Crippen molar-refractivity contribution in [2.24, 2.45) is 11.1 Å². The molecule has 2 N–H and O–H groups in total. The Kier molecular flexibility index (Phi) is 3.04. The molecule has 2 heteroatoms. The molecule has 1 heterocycles. The number of ether oxygens (including phenoxy) is 1. The van der Waals surface area contributed by atoms with Gasteiger partial charge in [0.25, 0.3) is 0 Å². The minimum absolute atomic E-state index is 0.100. The van der Waals surface area contributed by atoms with Gasteiger partial charge in [0.1, 0.15) is 0 Å². The Balaban J connectivity index is 2.28. The molecule has 1 aromatic carbocycles. The van der Waals surface area contributed by atoms with E-state index >= 15 is 0 Å². The molecule has 1 aliphatic rings. The average Bonchev–Trinajstić information content (AvgIpc) is 2.74. The molecule has 0 amide bonds. The summed E-state index contributed by atoms with van der Waals surface area (Å²) >= 11 is 0. The first-order valence-corrected chi connectivity index (χ1v) is 5.99. The van der Waals surface area contributed by atoms with Crippen molar-refractivity contribution in [2.45, 2.75) is 46.4 Å². The van der Waals surface area contributed by atoms with Gasteiger partial charge in [0.2, 0.25) is 0 Å². The number of fused-ring (bicyclic) bond motifs is 1. The molecule has 2 nitrogen and oxygen atoms in total. The number of hydrogen-bond acceptors (Lipinski definition) is 2. The predicted octanol–water partition coefficient (Wildman–Crippen LogP) is 3.15. The number of benzene rings is 1. The van der Waals surface area contributed by atoms with Gasteiger partial charge in [-0.3, -0.25) is 0 Å². The van der Waals surface area contributed by atoms with Crippen LogP contribution in [0.5, 0.6) is 0 Å². The zero-order valence-electron chi connectivity index (χ0n) is 10.4. The fourth-order valence-corrected chi connectivity index (χ4v) is 2.06. The van der Waals surface area contributed by atoms with Crippen molar-refractivity contribution in [3.05, 3.63) is 34.9 Å². The first kappa shape index (κ1) is 11.6. The lowest BCUT2D eigenvalue weighted by atomic mass is 9.78. The highest BCUT2D eigenvalue weighted by atomic mass is 16.5. The third-order valence-corrected chi connectivity index (χ3v) is 3.86. The molecule has 1 atom stereocenters. The predicted molar refractivity (Wildman–Crippen MR) is 65.9 cm³/mol. The van der Waals surface area contributed by atoms with Crippen LogP contribution in [0.2, 0.25) is 0 Å². The van der Waals surface area contributed by atoms with Gasteiger partial charge in [-0.2, -0.15) is 0 Å². The second-order valence-electron chi connectivity index (χ2n) is 5.34. The molecule has 0 bridgehead atoms. The second-order valence-corrected chi connectivity index (χ2v) is 5.34. The fourth-order valence-electron chi connectivity index (χ4n) is 2.06. The average molecular weight is 219 g/mol. The molecule has 0 radical (unpaired) electrons. The van der Waals surface area contributed by atoms with Gasteiger partial charge in [0, 0.05) is 6.04 Å². The number of nitrogens with two attached hydrogens (primary N) is 1. The molecule has 2 rings (SSSR count). The van der Waals surface area contributed by atoms with E-state index in [2.05, 4.69) is 39.0 Å². The van der Waals surface area contributed by atoms with E-state index in [1.54, 1.807) is 0 Å². The molecule has 1 unspecified atom stereocenters. The van der Waals surface area contributed by atoms with Gasteiger partial charge >= 0.3 is 0 Å². The van der Waals surface area contributed by atoms with E-state index < -0.39 is 0 Å². The fraction of sp³-hybridized carbons (Fsp3) is 0.571. The standard InChI is InChI=1S/C14H21NO/c1-4-14(2,3)13(15)10-5-6-11-8-16-9-12(11)7-10/h5-7,13H,4,8-9,15H2,1-3H3. The van der Waals surface area contributed by atoms with Crippen LogP contribution in [0, 0.1) is 5.41 Å². The molecule has 1 aromatic rings. The van der Waals surface area contributed by atoms with Crippen LogP contribution in [0.1, 0.15) is 49.9 Å². The summed E-state index contributed by atoms with van der Waals surface area (Å²) < 4.78 is 5.42. The Morgan fingerprint density at radius 3 is 2.69 bits per heavy atom. The van der Waals surface area contributed by atoms with Gasteiger partial charge in [0.05, 0.1) is 13.2 Å². The van der Waals surface area contributed by atoms with Gasteiger partial charge in [-0.25, -0.2) is 0 Å². The summed E-state index contributed by atoms with van der Waals surface area (Å²) in [5.41, 5.74) is 10.3. The third kappa shape index (κ3) is 2.00. The maximum absolute atomic E-state index is 6.34. The van der Waals surface area contributed by atoms with E-state index in [1.807, 2.05) is 0 Å². The lowest BCUT2D eigenvalue weighted by molar-refractivity contribution is 0.134. The highest BCUT2D eigenvalue weighted by Gasteiger charge is 2.26. The largest absolute Gasteiger partial charge is 0.372 e. The van der Waals surface area contributed by atoms with E-state index in [0.717, 1.165) is 19.6 Å². The highest BCUT2D eigenvalue weighted by molar-refractivity contribution is 5.35. The van der Waals surface area contributed by atoms with Crippen LogP contribution >= 0.6 is 0 Å². The summed E-state index contributed by atoms with van der Waals surface area (Å²) in [7, 11) is 0. The molecule has 0 saturated carbocycles. The maximum Gasteiger partial charge on any atom is 0.0725 e. The molecule has 0 aliphatic carbocycles. The van der Waals surface area contributed by atoms with Crippen molar-refractivity contribution in [3.63, 3.8) is 0 Å². The van der Waals surface area contributed by atoms with E-state index in [4.69, 9.17) is 10.5 Å². The van der Waals surface area contributed by atoms with Crippen molar-refractivity contribution in [2.75, 3.05) is 0 Å². The summed E-state index contributed by atoms with van der Waals surface area (Å²) in [6.07, 6.45) is 1.09. The van der Waals surface area contributed by atoms with Gasteiger partial charge in [-0.05, 0) is 28.5 Å². The number of rotatable bonds is 3. The monoisotopic (exact) mass is 219 g/mol. The molecular weight excluding hydrogens is 198 g/mol. The van der Waals surface area contributed by atoms with E-state index in [-0.39, 0.29) is 11.5 Å². The highest BCUT2D eigenvalue weighted by Crippen LogP contribution is 2.35. The molecule has 16 heavy (non-hydrogen) atoms. The molecule has 0 aromatic heterocycles. The van der Waals surface area contributed by atoms with E-state index in [1.165, 1.54) is 16.7 Å². The Hall–Kier alpha value is -0.860. The molecule has 88 valence electrons. The summed E-state index contributed by atoms with van der Waals surface area (Å²) in [4.78, 5) is 0. The van der Waals surface area contributed by atoms with Crippen molar-refractivity contribution in [1.82, 2.24) is 0 Å². The quantitative estimate of drug-likeness (QED) is 0.847. The Labute approximate surface area is 97.8 Å². The van der Waals surface area contributed by atoms with Crippen molar-refractivity contribution >= 4 is 0 Å². The lowest BCUT2D eigenvalue weighted by Crippen LogP contribution is -2.28. The molecule has 0 fully saturated rings. The summed E-state index contributed by atoms with van der Waals surface area (Å²) in [5.74, 6) is 0. The SMILES string of the molecule is CCC(C)(C)C(N)c1ccc2c(c1)COC2. The second kappa shape index (κ2) is 4.19. The van der Waals surface area contributed by atoms with Crippen LogP contribution in [-0.2, 0) is 18.0 Å². The lowest BCUT2D eigenvalue weighted by Gasteiger charge is -2.31. The zero-order valence-corrected chi connectivity index (χ0v) is 10.4. The summed E-state index contributed by atoms with van der Waals surface area (Å²) in [6.45, 7) is 8.13. The van der Waals surface area contributed by atoms with Crippen LogP contribution < -0.4 is 5.73 Å². The van der Waals surface area contributed by atoms with Crippen molar-refractivity contribution in [1.29, 1.82) is 0 Å². The molecule has 1 aliphatic heterocycles. The van der Waals surface area contributed by atoms with Crippen molar-refractivity contribution < 1.29 is 4.74 Å². The topological polar surface area (TPSA) is 35.2 Å². The summed E-state index contributed by atoms with van der Waals surface area (Å²) in [6, 6.07) is 6.62. The molecule has 0 spiro atoms.